The molecule has 7 heteroatoms. The second-order valence-corrected chi connectivity index (χ2v) is 5.06. The van der Waals surface area contributed by atoms with Gasteiger partial charge in [0.1, 0.15) is 5.69 Å². The van der Waals surface area contributed by atoms with Crippen LogP contribution >= 0.6 is 0 Å². The molecule has 1 heterocycles. The number of nitrogens with zero attached hydrogens (tertiary/aromatic N) is 1. The van der Waals surface area contributed by atoms with Crippen LogP contribution in [0.15, 0.2) is 30.5 Å². The topological polar surface area (TPSA) is 54.0 Å². The number of pyridine rings is 1. The lowest BCUT2D eigenvalue weighted by Crippen LogP contribution is -2.32. The molecule has 0 radical (unpaired) electrons. The average Bonchev–Trinajstić information content (AvgIpc) is 2.55. The maximum absolute atomic E-state index is 13.7. The van der Waals surface area contributed by atoms with Crippen LogP contribution in [0.2, 0.25) is 0 Å². The predicted molar refractivity (Wildman–Crippen MR) is 81.1 cm³/mol. The maximum atomic E-state index is 13.7. The molecule has 1 unspecified atom stereocenters. The van der Waals surface area contributed by atoms with Crippen LogP contribution in [-0.2, 0) is 0 Å². The van der Waals surface area contributed by atoms with Crippen molar-refractivity contribution in [2.75, 3.05) is 5.32 Å². The van der Waals surface area contributed by atoms with E-state index in [1.165, 1.54) is 18.3 Å². The van der Waals surface area contributed by atoms with E-state index < -0.39 is 17.5 Å². The number of nitrogens with one attached hydrogen (secondary N) is 2. The minimum atomic E-state index is -1.56. The number of carbonyl (C=O) groups excluding carboxylic acids is 1. The summed E-state index contributed by atoms with van der Waals surface area (Å²) in [4.78, 5) is 15.9. The van der Waals surface area contributed by atoms with Crippen LogP contribution in [0, 0.1) is 17.5 Å². The molecule has 0 saturated carbocycles. The molecule has 0 bridgehead atoms. The lowest BCUT2D eigenvalue weighted by molar-refractivity contribution is 0.0934. The fourth-order valence-corrected chi connectivity index (χ4v) is 1.81. The molecule has 4 nitrogen and oxygen atoms in total. The third-order valence-electron chi connectivity index (χ3n) is 3.30. The zero-order chi connectivity index (χ0) is 17.0. The minimum absolute atomic E-state index is 0.00967. The van der Waals surface area contributed by atoms with E-state index in [9.17, 15) is 18.0 Å². The number of halogens is 3. The van der Waals surface area contributed by atoms with Crippen molar-refractivity contribution < 1.29 is 18.0 Å². The van der Waals surface area contributed by atoms with Crippen LogP contribution in [0.1, 0.15) is 30.8 Å². The van der Waals surface area contributed by atoms with Crippen molar-refractivity contribution in [1.82, 2.24) is 10.3 Å². The van der Waals surface area contributed by atoms with Gasteiger partial charge in [0.25, 0.3) is 5.91 Å². The monoisotopic (exact) mass is 323 g/mol. The van der Waals surface area contributed by atoms with Crippen LogP contribution in [-0.4, -0.2) is 16.9 Å². The van der Waals surface area contributed by atoms with Crippen molar-refractivity contribution in [3.63, 3.8) is 0 Å². The summed E-state index contributed by atoms with van der Waals surface area (Å²) in [5, 5.41) is 5.35. The minimum Gasteiger partial charge on any atom is -0.353 e. The zero-order valence-corrected chi connectivity index (χ0v) is 12.7. The fourth-order valence-electron chi connectivity index (χ4n) is 1.81. The largest absolute Gasteiger partial charge is 0.353 e. The summed E-state index contributed by atoms with van der Waals surface area (Å²) in [5.74, 6) is -4.52. The second kappa shape index (κ2) is 7.13. The van der Waals surface area contributed by atoms with Crippen LogP contribution < -0.4 is 10.6 Å². The van der Waals surface area contributed by atoms with E-state index in [4.69, 9.17) is 0 Å². The average molecular weight is 323 g/mol. The third kappa shape index (κ3) is 4.00. The molecule has 1 atom stereocenters. The number of benzene rings is 1. The maximum Gasteiger partial charge on any atom is 0.270 e. The quantitative estimate of drug-likeness (QED) is 0.824. The zero-order valence-electron chi connectivity index (χ0n) is 12.7. The highest BCUT2D eigenvalue weighted by atomic mass is 19.2. The van der Waals surface area contributed by atoms with Gasteiger partial charge in [0.15, 0.2) is 17.5 Å². The van der Waals surface area contributed by atoms with Gasteiger partial charge in [-0.1, -0.05) is 6.92 Å². The molecule has 0 saturated heterocycles. The van der Waals surface area contributed by atoms with Gasteiger partial charge in [-0.2, -0.15) is 0 Å². The second-order valence-electron chi connectivity index (χ2n) is 5.06. The molecule has 1 aromatic carbocycles. The summed E-state index contributed by atoms with van der Waals surface area (Å²) in [6, 6.07) is 4.77. The van der Waals surface area contributed by atoms with Crippen LogP contribution in [0.25, 0.3) is 0 Å². The molecular weight excluding hydrogens is 307 g/mol. The van der Waals surface area contributed by atoms with Crippen molar-refractivity contribution in [2.24, 2.45) is 0 Å². The van der Waals surface area contributed by atoms with E-state index in [2.05, 4.69) is 15.6 Å². The van der Waals surface area contributed by atoms with Gasteiger partial charge in [-0.3, -0.25) is 9.78 Å². The number of rotatable bonds is 5. The summed E-state index contributed by atoms with van der Waals surface area (Å²) < 4.78 is 39.8. The van der Waals surface area contributed by atoms with Gasteiger partial charge < -0.3 is 10.6 Å². The van der Waals surface area contributed by atoms with Gasteiger partial charge in [0, 0.05) is 17.9 Å². The lowest BCUT2D eigenvalue weighted by Gasteiger charge is -2.12. The Kier molecular flexibility index (Phi) is 5.20. The molecule has 23 heavy (non-hydrogen) atoms. The summed E-state index contributed by atoms with van der Waals surface area (Å²) in [7, 11) is 0. The SMILES string of the molecule is CCC(C)NC(=O)c1cc(Nc2ccc(F)c(F)c2F)ccn1. The number of aromatic nitrogens is 1. The van der Waals surface area contributed by atoms with Crippen LogP contribution in [0.3, 0.4) is 0 Å². The first-order valence-electron chi connectivity index (χ1n) is 7.09. The van der Waals surface area contributed by atoms with E-state index in [1.807, 2.05) is 13.8 Å². The number of hydrogen-bond acceptors (Lipinski definition) is 3. The Morgan fingerprint density at radius 2 is 1.96 bits per heavy atom. The molecule has 2 N–H and O–H groups in total. The molecule has 0 aliphatic heterocycles. The Hall–Kier alpha value is -2.57. The van der Waals surface area contributed by atoms with Gasteiger partial charge >= 0.3 is 0 Å². The lowest BCUT2D eigenvalue weighted by atomic mass is 10.2. The number of hydrogen-bond donors (Lipinski definition) is 2. The molecule has 0 aliphatic rings. The Labute approximate surface area is 131 Å². The first-order chi connectivity index (χ1) is 10.9. The van der Waals surface area contributed by atoms with Crippen molar-refractivity contribution in [1.29, 1.82) is 0 Å². The molecule has 122 valence electrons. The van der Waals surface area contributed by atoms with Gasteiger partial charge in [-0.05, 0) is 37.6 Å². The highest BCUT2D eigenvalue weighted by Gasteiger charge is 2.15. The Bertz CT molecular complexity index is 722. The molecule has 2 aromatic rings. The first kappa shape index (κ1) is 16.8. The smallest absolute Gasteiger partial charge is 0.270 e. The first-order valence-corrected chi connectivity index (χ1v) is 7.09. The third-order valence-corrected chi connectivity index (χ3v) is 3.30. The van der Waals surface area contributed by atoms with Gasteiger partial charge in [-0.25, -0.2) is 13.2 Å². The number of amides is 1. The van der Waals surface area contributed by atoms with Gasteiger partial charge in [-0.15, -0.1) is 0 Å². The summed E-state index contributed by atoms with van der Waals surface area (Å²) >= 11 is 0. The van der Waals surface area contributed by atoms with E-state index in [0.29, 0.717) is 5.69 Å². The van der Waals surface area contributed by atoms with Crippen LogP contribution in [0.5, 0.6) is 0 Å². The Morgan fingerprint density at radius 1 is 1.22 bits per heavy atom. The predicted octanol–water partition coefficient (Wildman–Crippen LogP) is 3.77. The van der Waals surface area contributed by atoms with Crippen LogP contribution in [0.4, 0.5) is 24.5 Å². The van der Waals surface area contributed by atoms with E-state index in [1.54, 1.807) is 0 Å². The molecule has 2 rings (SSSR count). The highest BCUT2D eigenvalue weighted by Crippen LogP contribution is 2.23. The molecular formula is C16H16F3N3O. The van der Waals surface area contributed by atoms with Crippen molar-refractivity contribution in [3.05, 3.63) is 53.6 Å². The van der Waals surface area contributed by atoms with Crippen molar-refractivity contribution in [2.45, 2.75) is 26.3 Å². The molecule has 1 amide bonds. The van der Waals surface area contributed by atoms with E-state index >= 15 is 0 Å². The molecule has 0 aliphatic carbocycles. The van der Waals surface area contributed by atoms with Gasteiger partial charge in [0.2, 0.25) is 0 Å². The Morgan fingerprint density at radius 3 is 2.65 bits per heavy atom. The highest BCUT2D eigenvalue weighted by molar-refractivity contribution is 5.93. The Balaban J connectivity index is 2.21. The standard InChI is InChI=1S/C16H16F3N3O/c1-3-9(2)21-16(23)13-8-10(6-7-20-13)22-12-5-4-11(17)14(18)15(12)19/h4-9H,3H2,1-2H3,(H,20,22)(H,21,23). The van der Waals surface area contributed by atoms with E-state index in [0.717, 1.165) is 18.6 Å². The molecule has 0 fully saturated rings. The van der Waals surface area contributed by atoms with Crippen molar-refractivity contribution in [3.8, 4) is 0 Å². The number of carbonyl (C=O) groups is 1. The fraction of sp³-hybridized carbons (Fsp3) is 0.250. The van der Waals surface area contributed by atoms with Gasteiger partial charge in [0.05, 0.1) is 5.69 Å². The number of anilines is 2. The normalized spacial score (nSPS) is 11.9. The molecule has 1 aromatic heterocycles. The summed E-state index contributed by atoms with van der Waals surface area (Å²) in [6.07, 6.45) is 2.13. The molecule has 0 spiro atoms. The summed E-state index contributed by atoms with van der Waals surface area (Å²) in [5.41, 5.74) is 0.237. The summed E-state index contributed by atoms with van der Waals surface area (Å²) in [6.45, 7) is 3.79. The van der Waals surface area contributed by atoms with E-state index in [-0.39, 0.29) is 23.3 Å². The van der Waals surface area contributed by atoms with Crippen molar-refractivity contribution >= 4 is 17.3 Å².